The molecule has 0 bridgehead atoms. The van der Waals surface area contributed by atoms with Crippen LogP contribution < -0.4 is 11.0 Å². The molecule has 0 fully saturated rings. The highest BCUT2D eigenvalue weighted by Crippen LogP contribution is 2.25. The van der Waals surface area contributed by atoms with Crippen molar-refractivity contribution in [3.63, 3.8) is 0 Å². The summed E-state index contributed by atoms with van der Waals surface area (Å²) in [5.41, 5.74) is 3.65. The highest BCUT2D eigenvalue weighted by atomic mass is 35.5. The van der Waals surface area contributed by atoms with Gasteiger partial charge in [0, 0.05) is 23.4 Å². The molecular weight excluding hydrogens is 310 g/mol. The third-order valence-electron chi connectivity index (χ3n) is 2.76. The van der Waals surface area contributed by atoms with Gasteiger partial charge in [-0.25, -0.2) is 10.4 Å². The Morgan fingerprint density at radius 2 is 2.18 bits per heavy atom. The third-order valence-corrected chi connectivity index (χ3v) is 3.08. The van der Waals surface area contributed by atoms with Crippen molar-refractivity contribution in [3.8, 4) is 0 Å². The van der Waals surface area contributed by atoms with E-state index in [2.05, 4.69) is 20.5 Å². The Hall–Kier alpha value is -2.74. The summed E-state index contributed by atoms with van der Waals surface area (Å²) >= 11 is 5.76. The molecule has 0 saturated carbocycles. The van der Waals surface area contributed by atoms with Gasteiger partial charge in [0.05, 0.1) is 10.6 Å². The number of benzene rings is 1. The van der Waals surface area contributed by atoms with Crippen molar-refractivity contribution in [3.05, 3.63) is 61.0 Å². The van der Waals surface area contributed by atoms with Crippen LogP contribution in [-0.2, 0) is 0 Å². The zero-order valence-electron chi connectivity index (χ0n) is 11.8. The highest BCUT2D eigenvalue weighted by Gasteiger charge is 2.13. The lowest BCUT2D eigenvalue weighted by atomic mass is 10.1. The smallest absolute Gasteiger partial charge is 0.288 e. The van der Waals surface area contributed by atoms with Crippen molar-refractivity contribution in [2.24, 2.45) is 5.10 Å². The molecule has 0 atom stereocenters. The van der Waals surface area contributed by atoms with Crippen molar-refractivity contribution >= 4 is 28.9 Å². The fourth-order valence-electron chi connectivity index (χ4n) is 1.71. The first-order valence-electron chi connectivity index (χ1n) is 6.19. The first kappa shape index (κ1) is 15.6. The molecule has 114 valence electrons. The molecule has 0 aliphatic rings. The summed E-state index contributed by atoms with van der Waals surface area (Å²) in [5, 5.41) is 15.0. The molecule has 2 rings (SSSR count). The van der Waals surface area contributed by atoms with Gasteiger partial charge in [-0.05, 0) is 19.9 Å². The number of nitrogens with zero attached hydrogens (tertiary/aromatic N) is 3. The molecular formula is C13H12ClN5O3. The van der Waals surface area contributed by atoms with Crippen LogP contribution in [0.5, 0.6) is 0 Å². The lowest BCUT2D eigenvalue weighted by Crippen LogP contribution is -2.11. The predicted octanol–water partition coefficient (Wildman–Crippen LogP) is 2.48. The van der Waals surface area contributed by atoms with Crippen molar-refractivity contribution in [2.75, 3.05) is 5.43 Å². The van der Waals surface area contributed by atoms with E-state index in [0.29, 0.717) is 17.0 Å². The number of hydrazone groups is 1. The summed E-state index contributed by atoms with van der Waals surface area (Å²) in [6.45, 7) is 3.34. The first-order chi connectivity index (χ1) is 10.4. The van der Waals surface area contributed by atoms with Crippen molar-refractivity contribution in [2.45, 2.75) is 13.8 Å². The van der Waals surface area contributed by atoms with E-state index < -0.39 is 4.92 Å². The molecule has 0 spiro atoms. The number of aryl methyl sites for hydroxylation is 1. The lowest BCUT2D eigenvalue weighted by Gasteiger charge is -2.04. The minimum Gasteiger partial charge on any atom is -0.291 e. The highest BCUT2D eigenvalue weighted by molar-refractivity contribution is 6.32. The molecule has 22 heavy (non-hydrogen) atoms. The zero-order valence-corrected chi connectivity index (χ0v) is 12.5. The monoisotopic (exact) mass is 321 g/mol. The average molecular weight is 322 g/mol. The van der Waals surface area contributed by atoms with Gasteiger partial charge in [-0.1, -0.05) is 17.7 Å². The number of rotatable bonds is 4. The van der Waals surface area contributed by atoms with Gasteiger partial charge in [-0.15, -0.1) is 0 Å². The Morgan fingerprint density at radius 1 is 1.45 bits per heavy atom. The Labute approximate surface area is 130 Å². The molecule has 0 saturated heterocycles. The molecule has 2 N–H and O–H groups in total. The third kappa shape index (κ3) is 3.67. The normalized spacial score (nSPS) is 11.3. The quantitative estimate of drug-likeness (QED) is 0.510. The molecule has 1 aromatic heterocycles. The zero-order chi connectivity index (χ0) is 16.3. The SMILES string of the molecule is C/C(=N/Nc1nc(C)cc(=O)[nH]1)c1ccc(Cl)c([N+](=O)[O-])c1. The van der Waals surface area contributed by atoms with Crippen molar-refractivity contribution < 1.29 is 4.92 Å². The molecule has 0 radical (unpaired) electrons. The van der Waals surface area contributed by atoms with E-state index in [0.717, 1.165) is 0 Å². The second-order valence-corrected chi connectivity index (χ2v) is 4.87. The molecule has 8 nitrogen and oxygen atoms in total. The van der Waals surface area contributed by atoms with E-state index in [1.54, 1.807) is 19.9 Å². The molecule has 9 heteroatoms. The van der Waals surface area contributed by atoms with Gasteiger partial charge in [-0.3, -0.25) is 19.9 Å². The number of H-pyrrole nitrogens is 1. The molecule has 0 unspecified atom stereocenters. The number of aromatic nitrogens is 2. The van der Waals surface area contributed by atoms with Crippen LogP contribution in [0.4, 0.5) is 11.6 Å². The minimum absolute atomic E-state index is 0.0548. The van der Waals surface area contributed by atoms with E-state index in [1.165, 1.54) is 18.2 Å². The molecule has 0 aliphatic heterocycles. The van der Waals surface area contributed by atoms with E-state index in [1.807, 2.05) is 0 Å². The number of hydrogen-bond donors (Lipinski definition) is 2. The van der Waals surface area contributed by atoms with Crippen LogP contribution in [0.2, 0.25) is 5.02 Å². The number of nitro groups is 1. The van der Waals surface area contributed by atoms with Crippen LogP contribution in [0, 0.1) is 17.0 Å². The number of anilines is 1. The Balaban J connectivity index is 2.27. The van der Waals surface area contributed by atoms with Crippen LogP contribution in [-0.4, -0.2) is 20.6 Å². The van der Waals surface area contributed by atoms with Crippen LogP contribution in [0.3, 0.4) is 0 Å². The van der Waals surface area contributed by atoms with Gasteiger partial charge in [0.1, 0.15) is 5.02 Å². The van der Waals surface area contributed by atoms with Gasteiger partial charge in [-0.2, -0.15) is 5.10 Å². The fraction of sp³-hybridized carbons (Fsp3) is 0.154. The maximum absolute atomic E-state index is 11.3. The van der Waals surface area contributed by atoms with Gasteiger partial charge in [0.25, 0.3) is 11.2 Å². The maximum Gasteiger partial charge on any atom is 0.288 e. The summed E-state index contributed by atoms with van der Waals surface area (Å²) < 4.78 is 0. The summed E-state index contributed by atoms with van der Waals surface area (Å²) in [5.74, 6) is 0.188. The van der Waals surface area contributed by atoms with E-state index in [4.69, 9.17) is 11.6 Å². The van der Waals surface area contributed by atoms with Crippen molar-refractivity contribution in [1.82, 2.24) is 9.97 Å². The number of hydrogen-bond acceptors (Lipinski definition) is 6. The van der Waals surface area contributed by atoms with Crippen LogP contribution in [0.15, 0.2) is 34.2 Å². The Kier molecular flexibility index (Phi) is 4.52. The van der Waals surface area contributed by atoms with Crippen LogP contribution >= 0.6 is 11.6 Å². The molecule has 1 heterocycles. The maximum atomic E-state index is 11.3. The summed E-state index contributed by atoms with van der Waals surface area (Å²) in [6, 6.07) is 5.72. The number of aromatic amines is 1. The summed E-state index contributed by atoms with van der Waals surface area (Å²) in [6.07, 6.45) is 0. The predicted molar refractivity (Wildman–Crippen MR) is 83.5 cm³/mol. The number of nitrogens with one attached hydrogen (secondary N) is 2. The van der Waals surface area contributed by atoms with Gasteiger partial charge < -0.3 is 0 Å². The van der Waals surface area contributed by atoms with Crippen LogP contribution in [0.25, 0.3) is 0 Å². The molecule has 2 aromatic rings. The fourth-order valence-corrected chi connectivity index (χ4v) is 1.90. The van der Waals surface area contributed by atoms with E-state index >= 15 is 0 Å². The standard InChI is InChI=1S/C13H12ClN5O3/c1-7-5-12(20)16-13(15-7)18-17-8(2)9-3-4-10(14)11(6-9)19(21)22/h3-6H,1-2H3,(H2,15,16,18,20)/b17-8-. The minimum atomic E-state index is -0.563. The average Bonchev–Trinajstić information content (AvgIpc) is 2.44. The topological polar surface area (TPSA) is 113 Å². The molecule has 0 aliphatic carbocycles. The van der Waals surface area contributed by atoms with Crippen molar-refractivity contribution in [1.29, 1.82) is 0 Å². The Morgan fingerprint density at radius 3 is 2.82 bits per heavy atom. The largest absolute Gasteiger partial charge is 0.291 e. The summed E-state index contributed by atoms with van der Waals surface area (Å²) in [4.78, 5) is 28.1. The first-order valence-corrected chi connectivity index (χ1v) is 6.57. The van der Waals surface area contributed by atoms with E-state index in [-0.39, 0.29) is 22.2 Å². The van der Waals surface area contributed by atoms with Gasteiger partial charge >= 0.3 is 0 Å². The molecule has 1 aromatic carbocycles. The van der Waals surface area contributed by atoms with Gasteiger partial charge in [0.2, 0.25) is 5.95 Å². The number of halogens is 1. The second-order valence-electron chi connectivity index (χ2n) is 4.47. The van der Waals surface area contributed by atoms with Gasteiger partial charge in [0.15, 0.2) is 0 Å². The van der Waals surface area contributed by atoms with Crippen LogP contribution in [0.1, 0.15) is 18.2 Å². The second kappa shape index (κ2) is 6.35. The summed E-state index contributed by atoms with van der Waals surface area (Å²) in [7, 11) is 0. The number of nitro benzene ring substituents is 1. The van der Waals surface area contributed by atoms with E-state index in [9.17, 15) is 14.9 Å². The Bertz CT molecular complexity index is 816. The molecule has 0 amide bonds. The lowest BCUT2D eigenvalue weighted by molar-refractivity contribution is -0.384.